The zero-order chi connectivity index (χ0) is 7.45. The second-order valence-electron chi connectivity index (χ2n) is 2.97. The lowest BCUT2D eigenvalue weighted by Gasteiger charge is -2.35. The van der Waals surface area contributed by atoms with E-state index in [9.17, 15) is 4.79 Å². The van der Waals surface area contributed by atoms with Gasteiger partial charge in [0.1, 0.15) is 6.29 Å². The number of ether oxygens (including phenoxy) is 1. The standard InChI is InChI=1S/C8H14O2/c1-2-10-7-8(6-9)4-3-5-8/h6H,2-5,7H2,1H3. The third-order valence-electron chi connectivity index (χ3n) is 2.19. The van der Waals surface area contributed by atoms with E-state index < -0.39 is 0 Å². The predicted molar refractivity (Wildman–Crippen MR) is 38.8 cm³/mol. The molecule has 1 aliphatic carbocycles. The largest absolute Gasteiger partial charge is 0.381 e. The van der Waals surface area contributed by atoms with Crippen LogP contribution in [-0.4, -0.2) is 19.5 Å². The fourth-order valence-corrected chi connectivity index (χ4v) is 1.23. The van der Waals surface area contributed by atoms with Crippen molar-refractivity contribution in [1.29, 1.82) is 0 Å². The maximum Gasteiger partial charge on any atom is 0.128 e. The molecule has 0 aromatic carbocycles. The first-order valence-electron chi connectivity index (χ1n) is 3.87. The number of hydrogen-bond donors (Lipinski definition) is 0. The molecule has 0 amide bonds. The van der Waals surface area contributed by atoms with Crippen molar-refractivity contribution in [3.63, 3.8) is 0 Å². The van der Waals surface area contributed by atoms with E-state index in [4.69, 9.17) is 4.74 Å². The van der Waals surface area contributed by atoms with Crippen LogP contribution >= 0.6 is 0 Å². The predicted octanol–water partition coefficient (Wildman–Crippen LogP) is 1.39. The van der Waals surface area contributed by atoms with Gasteiger partial charge in [0, 0.05) is 12.0 Å². The molecule has 1 rings (SSSR count). The molecule has 0 N–H and O–H groups in total. The number of carbonyl (C=O) groups is 1. The van der Waals surface area contributed by atoms with Gasteiger partial charge in [-0.3, -0.25) is 0 Å². The molecule has 0 heterocycles. The quantitative estimate of drug-likeness (QED) is 0.554. The van der Waals surface area contributed by atoms with Crippen LogP contribution in [0.4, 0.5) is 0 Å². The summed E-state index contributed by atoms with van der Waals surface area (Å²) in [6, 6.07) is 0. The van der Waals surface area contributed by atoms with Crippen molar-refractivity contribution >= 4 is 6.29 Å². The van der Waals surface area contributed by atoms with Gasteiger partial charge in [0.05, 0.1) is 6.61 Å². The number of aldehydes is 1. The molecule has 0 saturated heterocycles. The SMILES string of the molecule is CCOCC1(C=O)CCC1. The maximum atomic E-state index is 10.5. The minimum atomic E-state index is -0.0873. The van der Waals surface area contributed by atoms with Crippen molar-refractivity contribution in [2.45, 2.75) is 26.2 Å². The summed E-state index contributed by atoms with van der Waals surface area (Å²) in [4.78, 5) is 10.5. The summed E-state index contributed by atoms with van der Waals surface area (Å²) >= 11 is 0. The first-order valence-corrected chi connectivity index (χ1v) is 3.87. The second-order valence-corrected chi connectivity index (χ2v) is 2.97. The Morgan fingerprint density at radius 2 is 2.30 bits per heavy atom. The van der Waals surface area contributed by atoms with Gasteiger partial charge in [0.25, 0.3) is 0 Å². The average Bonchev–Trinajstić information content (AvgIpc) is 1.87. The van der Waals surface area contributed by atoms with Gasteiger partial charge < -0.3 is 9.53 Å². The highest BCUT2D eigenvalue weighted by atomic mass is 16.5. The van der Waals surface area contributed by atoms with E-state index in [1.54, 1.807) is 0 Å². The van der Waals surface area contributed by atoms with Gasteiger partial charge in [-0.15, -0.1) is 0 Å². The van der Waals surface area contributed by atoms with Crippen molar-refractivity contribution in [2.75, 3.05) is 13.2 Å². The molecule has 0 radical (unpaired) electrons. The Bertz CT molecular complexity index is 116. The second kappa shape index (κ2) is 3.15. The van der Waals surface area contributed by atoms with Crippen molar-refractivity contribution in [1.82, 2.24) is 0 Å². The minimum absolute atomic E-state index is 0.0873. The van der Waals surface area contributed by atoms with Gasteiger partial charge in [-0.1, -0.05) is 6.42 Å². The van der Waals surface area contributed by atoms with Crippen LogP contribution in [0.1, 0.15) is 26.2 Å². The Kier molecular flexibility index (Phi) is 2.44. The van der Waals surface area contributed by atoms with Crippen LogP contribution in [0.15, 0.2) is 0 Å². The molecular formula is C8H14O2. The Balaban J connectivity index is 2.26. The molecule has 0 aliphatic heterocycles. The lowest BCUT2D eigenvalue weighted by molar-refractivity contribution is -0.125. The molecule has 1 aliphatic rings. The molecule has 2 heteroatoms. The molecule has 2 nitrogen and oxygen atoms in total. The average molecular weight is 142 g/mol. The molecule has 0 unspecified atom stereocenters. The van der Waals surface area contributed by atoms with Crippen LogP contribution in [0.25, 0.3) is 0 Å². The van der Waals surface area contributed by atoms with Crippen LogP contribution in [0, 0.1) is 5.41 Å². The van der Waals surface area contributed by atoms with E-state index in [2.05, 4.69) is 0 Å². The van der Waals surface area contributed by atoms with Gasteiger partial charge >= 0.3 is 0 Å². The summed E-state index contributed by atoms with van der Waals surface area (Å²) in [6.07, 6.45) is 4.30. The molecule has 0 atom stereocenters. The fraction of sp³-hybridized carbons (Fsp3) is 0.875. The van der Waals surface area contributed by atoms with E-state index in [-0.39, 0.29) is 5.41 Å². The van der Waals surface area contributed by atoms with Crippen molar-refractivity contribution in [3.05, 3.63) is 0 Å². The molecule has 1 saturated carbocycles. The summed E-state index contributed by atoms with van der Waals surface area (Å²) in [5, 5.41) is 0. The van der Waals surface area contributed by atoms with E-state index in [1.807, 2.05) is 6.92 Å². The summed E-state index contributed by atoms with van der Waals surface area (Å²) in [5.74, 6) is 0. The molecule has 0 bridgehead atoms. The Labute approximate surface area is 61.6 Å². The molecule has 0 aromatic rings. The maximum absolute atomic E-state index is 10.5. The number of hydrogen-bond acceptors (Lipinski definition) is 2. The highest BCUT2D eigenvalue weighted by Crippen LogP contribution is 2.38. The zero-order valence-corrected chi connectivity index (χ0v) is 6.43. The van der Waals surface area contributed by atoms with Gasteiger partial charge in [-0.2, -0.15) is 0 Å². The topological polar surface area (TPSA) is 26.3 Å². The number of carbonyl (C=O) groups excluding carboxylic acids is 1. The van der Waals surface area contributed by atoms with Crippen LogP contribution < -0.4 is 0 Å². The zero-order valence-electron chi connectivity index (χ0n) is 6.43. The number of rotatable bonds is 4. The van der Waals surface area contributed by atoms with E-state index >= 15 is 0 Å². The first-order chi connectivity index (χ1) is 4.83. The molecule has 0 aromatic heterocycles. The summed E-state index contributed by atoms with van der Waals surface area (Å²) in [7, 11) is 0. The van der Waals surface area contributed by atoms with Gasteiger partial charge in [0.15, 0.2) is 0 Å². The third kappa shape index (κ3) is 1.37. The van der Waals surface area contributed by atoms with Crippen molar-refractivity contribution in [2.24, 2.45) is 5.41 Å². The molecule has 10 heavy (non-hydrogen) atoms. The van der Waals surface area contributed by atoms with Crippen LogP contribution in [-0.2, 0) is 9.53 Å². The highest BCUT2D eigenvalue weighted by Gasteiger charge is 2.36. The van der Waals surface area contributed by atoms with E-state index in [0.29, 0.717) is 6.61 Å². The highest BCUT2D eigenvalue weighted by molar-refractivity contribution is 5.61. The van der Waals surface area contributed by atoms with Gasteiger partial charge in [-0.05, 0) is 19.8 Å². The lowest BCUT2D eigenvalue weighted by atomic mass is 9.71. The lowest BCUT2D eigenvalue weighted by Crippen LogP contribution is -2.35. The Morgan fingerprint density at radius 1 is 1.60 bits per heavy atom. The minimum Gasteiger partial charge on any atom is -0.381 e. The fourth-order valence-electron chi connectivity index (χ4n) is 1.23. The summed E-state index contributed by atoms with van der Waals surface area (Å²) < 4.78 is 5.20. The normalized spacial score (nSPS) is 21.7. The summed E-state index contributed by atoms with van der Waals surface area (Å²) in [5.41, 5.74) is -0.0873. The first kappa shape index (κ1) is 7.73. The molecule has 1 fully saturated rings. The molecule has 0 spiro atoms. The Hall–Kier alpha value is -0.370. The molecule has 58 valence electrons. The summed E-state index contributed by atoms with van der Waals surface area (Å²) in [6.45, 7) is 3.31. The smallest absolute Gasteiger partial charge is 0.128 e. The van der Waals surface area contributed by atoms with Crippen molar-refractivity contribution in [3.8, 4) is 0 Å². The monoisotopic (exact) mass is 142 g/mol. The van der Waals surface area contributed by atoms with Crippen LogP contribution in [0.3, 0.4) is 0 Å². The van der Waals surface area contributed by atoms with Gasteiger partial charge in [0.2, 0.25) is 0 Å². The Morgan fingerprint density at radius 3 is 2.60 bits per heavy atom. The van der Waals surface area contributed by atoms with Gasteiger partial charge in [-0.25, -0.2) is 0 Å². The van der Waals surface area contributed by atoms with Crippen LogP contribution in [0.2, 0.25) is 0 Å². The van der Waals surface area contributed by atoms with E-state index in [1.165, 1.54) is 6.42 Å². The van der Waals surface area contributed by atoms with Crippen LogP contribution in [0.5, 0.6) is 0 Å². The molecular weight excluding hydrogens is 128 g/mol. The van der Waals surface area contributed by atoms with Crippen molar-refractivity contribution < 1.29 is 9.53 Å². The van der Waals surface area contributed by atoms with E-state index in [0.717, 1.165) is 25.7 Å². The third-order valence-corrected chi connectivity index (χ3v) is 2.19.